The molecule has 0 aromatic rings. The summed E-state index contributed by atoms with van der Waals surface area (Å²) in [5, 5.41) is 12.5. The third-order valence-electron chi connectivity index (χ3n) is 4.97. The van der Waals surface area contributed by atoms with Gasteiger partial charge in [0.25, 0.3) is 0 Å². The van der Waals surface area contributed by atoms with Gasteiger partial charge in [-0.05, 0) is 32.1 Å². The smallest absolute Gasteiger partial charge is 0.323 e. The fourth-order valence-electron chi connectivity index (χ4n) is 4.06. The van der Waals surface area contributed by atoms with Crippen LogP contribution in [0.2, 0.25) is 0 Å². The van der Waals surface area contributed by atoms with Crippen LogP contribution in [-0.2, 0) is 9.59 Å². The number of carbonyl (C=O) groups excluding carboxylic acids is 1. The van der Waals surface area contributed by atoms with E-state index < -0.39 is 5.97 Å². The molecule has 3 unspecified atom stereocenters. The van der Waals surface area contributed by atoms with Crippen molar-refractivity contribution in [2.75, 3.05) is 6.54 Å². The largest absolute Gasteiger partial charge is 0.480 e. The number of carbonyl (C=O) groups is 2. The van der Waals surface area contributed by atoms with Gasteiger partial charge in [-0.25, -0.2) is 0 Å². The summed E-state index contributed by atoms with van der Waals surface area (Å²) in [6, 6.07) is 0.923. The Morgan fingerprint density at radius 1 is 1.16 bits per heavy atom. The Labute approximate surface area is 113 Å². The lowest BCUT2D eigenvalue weighted by molar-refractivity contribution is -0.148. The van der Waals surface area contributed by atoms with Crippen LogP contribution in [0, 0.1) is 5.92 Å². The molecule has 2 saturated heterocycles. The lowest BCUT2D eigenvalue weighted by Crippen LogP contribution is -2.47. The molecule has 0 aromatic heterocycles. The Hall–Kier alpha value is -1.10. The second-order valence-corrected chi connectivity index (χ2v) is 6.19. The Bertz CT molecular complexity index is 379. The molecule has 2 bridgehead atoms. The summed E-state index contributed by atoms with van der Waals surface area (Å²) >= 11 is 0. The molecule has 2 aliphatic heterocycles. The van der Waals surface area contributed by atoms with Gasteiger partial charge in [0.05, 0.1) is 5.92 Å². The van der Waals surface area contributed by atoms with E-state index in [0.717, 1.165) is 44.9 Å². The highest BCUT2D eigenvalue weighted by Crippen LogP contribution is 2.35. The molecule has 5 nitrogen and oxygen atoms in total. The van der Waals surface area contributed by atoms with Gasteiger partial charge in [-0.2, -0.15) is 0 Å². The first-order chi connectivity index (χ1) is 9.15. The van der Waals surface area contributed by atoms with E-state index in [2.05, 4.69) is 5.32 Å². The number of fused-ring (bicyclic) bond motifs is 2. The Balaban J connectivity index is 1.71. The van der Waals surface area contributed by atoms with E-state index in [0.29, 0.717) is 6.04 Å². The standard InChI is InChI=1S/C14H22N2O3/c17-13(18)8-16(10-3-1-2-4-10)14(19)11-7-9-5-6-12(11)15-9/h9-12,15H,1-8H2,(H,17,18). The van der Waals surface area contributed by atoms with E-state index in [1.54, 1.807) is 4.90 Å². The Kier molecular flexibility index (Phi) is 3.48. The van der Waals surface area contributed by atoms with Gasteiger partial charge in [-0.3, -0.25) is 9.59 Å². The topological polar surface area (TPSA) is 69.6 Å². The number of nitrogens with one attached hydrogen (secondary N) is 1. The fraction of sp³-hybridized carbons (Fsp3) is 0.857. The van der Waals surface area contributed by atoms with E-state index in [1.165, 1.54) is 0 Å². The number of aliphatic carboxylic acids is 1. The fourth-order valence-corrected chi connectivity index (χ4v) is 4.06. The maximum absolute atomic E-state index is 12.7. The summed E-state index contributed by atoms with van der Waals surface area (Å²) in [6.07, 6.45) is 7.28. The number of amides is 1. The second kappa shape index (κ2) is 5.12. The van der Waals surface area contributed by atoms with Crippen molar-refractivity contribution in [3.8, 4) is 0 Å². The molecule has 3 fully saturated rings. The molecule has 2 heterocycles. The van der Waals surface area contributed by atoms with Crippen LogP contribution in [0.25, 0.3) is 0 Å². The lowest BCUT2D eigenvalue weighted by atomic mass is 9.87. The number of carboxylic acid groups (broad SMARTS) is 1. The molecule has 3 aliphatic rings. The van der Waals surface area contributed by atoms with Gasteiger partial charge >= 0.3 is 5.97 Å². The molecule has 106 valence electrons. The van der Waals surface area contributed by atoms with Crippen molar-refractivity contribution in [2.45, 2.75) is 63.1 Å². The number of carboxylic acids is 1. The molecule has 1 saturated carbocycles. The molecule has 3 atom stereocenters. The van der Waals surface area contributed by atoms with E-state index in [-0.39, 0.29) is 30.5 Å². The minimum Gasteiger partial charge on any atom is -0.480 e. The summed E-state index contributed by atoms with van der Waals surface area (Å²) in [7, 11) is 0. The lowest BCUT2D eigenvalue weighted by Gasteiger charge is -2.32. The summed E-state index contributed by atoms with van der Waals surface area (Å²) in [4.78, 5) is 25.4. The number of hydrogen-bond acceptors (Lipinski definition) is 3. The van der Waals surface area contributed by atoms with Gasteiger partial charge in [0.15, 0.2) is 0 Å². The zero-order valence-corrected chi connectivity index (χ0v) is 11.2. The summed E-state index contributed by atoms with van der Waals surface area (Å²) in [6.45, 7) is -0.128. The normalized spacial score (nSPS) is 33.8. The van der Waals surface area contributed by atoms with Crippen molar-refractivity contribution in [3.63, 3.8) is 0 Å². The molecule has 1 amide bonds. The molecule has 19 heavy (non-hydrogen) atoms. The highest BCUT2D eigenvalue weighted by molar-refractivity contribution is 5.84. The first-order valence-corrected chi connectivity index (χ1v) is 7.43. The van der Waals surface area contributed by atoms with Gasteiger partial charge < -0.3 is 15.3 Å². The maximum Gasteiger partial charge on any atom is 0.323 e. The van der Waals surface area contributed by atoms with Gasteiger partial charge in [0.2, 0.25) is 5.91 Å². The minimum absolute atomic E-state index is 0.0127. The van der Waals surface area contributed by atoms with Crippen molar-refractivity contribution in [2.24, 2.45) is 5.92 Å². The molecular weight excluding hydrogens is 244 g/mol. The molecule has 3 rings (SSSR count). The third kappa shape index (κ3) is 2.48. The molecule has 0 aromatic carbocycles. The summed E-state index contributed by atoms with van der Waals surface area (Å²) < 4.78 is 0. The summed E-state index contributed by atoms with van der Waals surface area (Å²) in [5.74, 6) is -0.802. The second-order valence-electron chi connectivity index (χ2n) is 6.19. The van der Waals surface area contributed by atoms with Crippen LogP contribution in [0.1, 0.15) is 44.9 Å². The van der Waals surface area contributed by atoms with Crippen molar-refractivity contribution < 1.29 is 14.7 Å². The van der Waals surface area contributed by atoms with Crippen LogP contribution in [0.3, 0.4) is 0 Å². The number of hydrogen-bond donors (Lipinski definition) is 2. The zero-order valence-electron chi connectivity index (χ0n) is 11.2. The third-order valence-corrected chi connectivity index (χ3v) is 4.97. The van der Waals surface area contributed by atoms with Crippen molar-refractivity contribution in [1.82, 2.24) is 10.2 Å². The first-order valence-electron chi connectivity index (χ1n) is 7.43. The van der Waals surface area contributed by atoms with Crippen LogP contribution in [0.15, 0.2) is 0 Å². The van der Waals surface area contributed by atoms with Crippen molar-refractivity contribution in [1.29, 1.82) is 0 Å². The summed E-state index contributed by atoms with van der Waals surface area (Å²) in [5.41, 5.74) is 0. The van der Waals surface area contributed by atoms with Crippen LogP contribution in [0.4, 0.5) is 0 Å². The molecule has 2 N–H and O–H groups in total. The Morgan fingerprint density at radius 2 is 1.89 bits per heavy atom. The average Bonchev–Trinajstić information content (AvgIpc) is 3.10. The zero-order chi connectivity index (χ0) is 13.4. The van der Waals surface area contributed by atoms with E-state index in [9.17, 15) is 9.59 Å². The van der Waals surface area contributed by atoms with Crippen LogP contribution >= 0.6 is 0 Å². The van der Waals surface area contributed by atoms with Crippen LogP contribution < -0.4 is 5.32 Å². The van der Waals surface area contributed by atoms with E-state index in [4.69, 9.17) is 5.11 Å². The van der Waals surface area contributed by atoms with Crippen molar-refractivity contribution >= 4 is 11.9 Å². The van der Waals surface area contributed by atoms with E-state index >= 15 is 0 Å². The van der Waals surface area contributed by atoms with Gasteiger partial charge in [-0.1, -0.05) is 12.8 Å². The minimum atomic E-state index is -0.892. The van der Waals surface area contributed by atoms with Gasteiger partial charge in [-0.15, -0.1) is 0 Å². The quantitative estimate of drug-likeness (QED) is 0.796. The molecule has 1 aliphatic carbocycles. The first kappa shape index (κ1) is 12.9. The van der Waals surface area contributed by atoms with Crippen LogP contribution in [-0.4, -0.2) is 46.6 Å². The molecule has 0 spiro atoms. The average molecular weight is 266 g/mol. The molecule has 5 heteroatoms. The predicted molar refractivity (Wildman–Crippen MR) is 69.7 cm³/mol. The van der Waals surface area contributed by atoms with Crippen LogP contribution in [0.5, 0.6) is 0 Å². The Morgan fingerprint density at radius 3 is 2.42 bits per heavy atom. The van der Waals surface area contributed by atoms with Gasteiger partial charge in [0, 0.05) is 18.1 Å². The number of rotatable bonds is 4. The molecular formula is C14H22N2O3. The highest BCUT2D eigenvalue weighted by Gasteiger charge is 2.45. The maximum atomic E-state index is 12.7. The number of nitrogens with zero attached hydrogens (tertiary/aromatic N) is 1. The highest BCUT2D eigenvalue weighted by atomic mass is 16.4. The van der Waals surface area contributed by atoms with E-state index in [1.807, 2.05) is 0 Å². The van der Waals surface area contributed by atoms with Crippen molar-refractivity contribution in [3.05, 3.63) is 0 Å². The SMILES string of the molecule is O=C(O)CN(C(=O)C1CC2CCC1N2)C1CCCC1. The predicted octanol–water partition coefficient (Wildman–Crippen LogP) is 0.983. The molecule has 0 radical (unpaired) electrons. The monoisotopic (exact) mass is 266 g/mol. The van der Waals surface area contributed by atoms with Gasteiger partial charge in [0.1, 0.15) is 6.54 Å².